The first-order chi connectivity index (χ1) is 6.57. The second-order valence-electron chi connectivity index (χ2n) is 2.97. The predicted molar refractivity (Wildman–Crippen MR) is 50.7 cm³/mol. The maximum atomic E-state index is 13.3. The molecule has 76 valence electrons. The molecule has 0 bridgehead atoms. The zero-order valence-electron chi connectivity index (χ0n) is 7.74. The summed E-state index contributed by atoms with van der Waals surface area (Å²) in [5.74, 6) is 0. The van der Waals surface area contributed by atoms with E-state index >= 15 is 0 Å². The number of hydrogen-bond acceptors (Lipinski definition) is 3. The number of alkyl halides is 1. The monoisotopic (exact) mass is 198 g/mol. The zero-order chi connectivity index (χ0) is 10.7. The van der Waals surface area contributed by atoms with Crippen LogP contribution >= 0.6 is 0 Å². The first-order valence-corrected chi connectivity index (χ1v) is 4.16. The Balaban J connectivity index is 3.29. The van der Waals surface area contributed by atoms with E-state index in [-0.39, 0.29) is 17.8 Å². The molecular weight excluding hydrogens is 187 g/mol. The molecule has 0 fully saturated rings. The molecule has 0 aromatic heterocycles. The molecule has 4 nitrogen and oxygen atoms in total. The lowest BCUT2D eigenvalue weighted by atomic mass is 10.0. The number of nitro benzene ring substituents is 1. The molecule has 1 atom stereocenters. The van der Waals surface area contributed by atoms with Crippen LogP contribution in [-0.4, -0.2) is 11.5 Å². The van der Waals surface area contributed by atoms with Crippen LogP contribution in [0.5, 0.6) is 0 Å². The average molecular weight is 198 g/mol. The second-order valence-corrected chi connectivity index (χ2v) is 2.97. The van der Waals surface area contributed by atoms with Crippen molar-refractivity contribution in [1.29, 1.82) is 0 Å². The quantitative estimate of drug-likeness (QED) is 0.595. The maximum Gasteiger partial charge on any atom is 0.275 e. The Kier molecular flexibility index (Phi) is 3.14. The fourth-order valence-electron chi connectivity index (χ4n) is 1.35. The largest absolute Gasteiger partial charge is 0.327 e. The van der Waals surface area contributed by atoms with E-state index in [2.05, 4.69) is 0 Å². The minimum atomic E-state index is -1.48. The highest BCUT2D eigenvalue weighted by Crippen LogP contribution is 2.29. The van der Waals surface area contributed by atoms with Gasteiger partial charge in [-0.1, -0.05) is 12.1 Å². The summed E-state index contributed by atoms with van der Waals surface area (Å²) in [6.07, 6.45) is -1.48. The Hall–Kier alpha value is -1.49. The van der Waals surface area contributed by atoms with Gasteiger partial charge in [-0.2, -0.15) is 0 Å². The molecule has 1 rings (SSSR count). The van der Waals surface area contributed by atoms with Crippen LogP contribution < -0.4 is 5.73 Å². The third-order valence-corrected chi connectivity index (χ3v) is 2.02. The topological polar surface area (TPSA) is 69.2 Å². The first kappa shape index (κ1) is 10.6. The van der Waals surface area contributed by atoms with Crippen LogP contribution in [0, 0.1) is 17.0 Å². The van der Waals surface area contributed by atoms with Gasteiger partial charge in [0, 0.05) is 12.6 Å². The molecule has 0 radical (unpaired) electrons. The molecule has 0 aliphatic carbocycles. The third-order valence-electron chi connectivity index (χ3n) is 2.02. The molecule has 0 saturated heterocycles. The van der Waals surface area contributed by atoms with Crippen molar-refractivity contribution < 1.29 is 9.31 Å². The normalized spacial score (nSPS) is 12.5. The Morgan fingerprint density at radius 3 is 2.79 bits per heavy atom. The molecule has 0 amide bonds. The summed E-state index contributed by atoms with van der Waals surface area (Å²) in [5.41, 5.74) is 5.58. The standard InChI is InChI=1S/C9H11FN2O2/c1-6-3-2-4-8(12(13)14)9(6)7(10)5-11/h2-4,7H,5,11H2,1H3. The molecule has 14 heavy (non-hydrogen) atoms. The van der Waals surface area contributed by atoms with Gasteiger partial charge in [-0.25, -0.2) is 4.39 Å². The molecule has 1 unspecified atom stereocenters. The lowest BCUT2D eigenvalue weighted by molar-refractivity contribution is -0.386. The summed E-state index contributed by atoms with van der Waals surface area (Å²) in [6, 6.07) is 4.44. The molecule has 0 aliphatic rings. The van der Waals surface area contributed by atoms with Crippen LogP contribution in [-0.2, 0) is 0 Å². The van der Waals surface area contributed by atoms with E-state index in [9.17, 15) is 14.5 Å². The van der Waals surface area contributed by atoms with Gasteiger partial charge in [-0.15, -0.1) is 0 Å². The highest BCUT2D eigenvalue weighted by atomic mass is 19.1. The Morgan fingerprint density at radius 1 is 1.64 bits per heavy atom. The van der Waals surface area contributed by atoms with Gasteiger partial charge >= 0.3 is 0 Å². The molecule has 0 spiro atoms. The molecule has 0 aliphatic heterocycles. The molecular formula is C9H11FN2O2. The van der Waals surface area contributed by atoms with Crippen LogP contribution in [0.2, 0.25) is 0 Å². The van der Waals surface area contributed by atoms with Crippen LogP contribution in [0.1, 0.15) is 17.3 Å². The fraction of sp³-hybridized carbons (Fsp3) is 0.333. The van der Waals surface area contributed by atoms with Gasteiger partial charge < -0.3 is 5.73 Å². The smallest absolute Gasteiger partial charge is 0.275 e. The molecule has 0 heterocycles. The zero-order valence-corrected chi connectivity index (χ0v) is 7.74. The van der Waals surface area contributed by atoms with E-state index in [1.54, 1.807) is 13.0 Å². The van der Waals surface area contributed by atoms with Gasteiger partial charge in [-0.05, 0) is 12.5 Å². The van der Waals surface area contributed by atoms with Crippen LogP contribution in [0.25, 0.3) is 0 Å². The van der Waals surface area contributed by atoms with Crippen LogP contribution in [0.15, 0.2) is 18.2 Å². The number of rotatable bonds is 3. The lowest BCUT2D eigenvalue weighted by Gasteiger charge is -2.09. The summed E-state index contributed by atoms with van der Waals surface area (Å²) in [5, 5.41) is 10.6. The van der Waals surface area contributed by atoms with Crippen molar-refractivity contribution in [2.45, 2.75) is 13.1 Å². The minimum absolute atomic E-state index is 0.0833. The number of nitro groups is 1. The number of nitrogens with zero attached hydrogens (tertiary/aromatic N) is 1. The maximum absolute atomic E-state index is 13.3. The van der Waals surface area contributed by atoms with Gasteiger partial charge in [0.2, 0.25) is 0 Å². The van der Waals surface area contributed by atoms with Crippen molar-refractivity contribution in [3.63, 3.8) is 0 Å². The number of nitrogens with two attached hydrogens (primary N) is 1. The molecule has 1 aromatic carbocycles. The molecule has 5 heteroatoms. The van der Waals surface area contributed by atoms with E-state index in [0.717, 1.165) is 0 Å². The van der Waals surface area contributed by atoms with E-state index in [4.69, 9.17) is 5.73 Å². The van der Waals surface area contributed by atoms with Crippen molar-refractivity contribution in [2.75, 3.05) is 6.54 Å². The van der Waals surface area contributed by atoms with Gasteiger partial charge in [0.15, 0.2) is 0 Å². The number of aryl methyl sites for hydroxylation is 1. The van der Waals surface area contributed by atoms with Gasteiger partial charge in [0.05, 0.1) is 10.5 Å². The summed E-state index contributed by atoms with van der Waals surface area (Å²) in [6.45, 7) is 1.39. The fourth-order valence-corrected chi connectivity index (χ4v) is 1.35. The minimum Gasteiger partial charge on any atom is -0.327 e. The predicted octanol–water partition coefficient (Wildman–Crippen LogP) is 1.87. The number of halogens is 1. The van der Waals surface area contributed by atoms with Crippen LogP contribution in [0.3, 0.4) is 0 Å². The Labute approximate surface area is 80.7 Å². The summed E-state index contributed by atoms with van der Waals surface area (Å²) in [4.78, 5) is 10.00. The summed E-state index contributed by atoms with van der Waals surface area (Å²) in [7, 11) is 0. The van der Waals surface area contributed by atoms with E-state index in [0.29, 0.717) is 5.56 Å². The molecule has 1 aromatic rings. The summed E-state index contributed by atoms with van der Waals surface area (Å²) < 4.78 is 13.3. The second kappa shape index (κ2) is 4.15. The van der Waals surface area contributed by atoms with E-state index in [1.807, 2.05) is 0 Å². The Morgan fingerprint density at radius 2 is 2.29 bits per heavy atom. The van der Waals surface area contributed by atoms with Gasteiger partial charge in [0.1, 0.15) is 6.17 Å². The number of hydrogen-bond donors (Lipinski definition) is 1. The summed E-state index contributed by atoms with van der Waals surface area (Å²) >= 11 is 0. The van der Waals surface area contributed by atoms with Gasteiger partial charge in [0.25, 0.3) is 5.69 Å². The van der Waals surface area contributed by atoms with Crippen molar-refractivity contribution in [2.24, 2.45) is 5.73 Å². The average Bonchev–Trinajstić information content (AvgIpc) is 2.16. The van der Waals surface area contributed by atoms with E-state index in [1.165, 1.54) is 12.1 Å². The highest BCUT2D eigenvalue weighted by Gasteiger charge is 2.22. The van der Waals surface area contributed by atoms with E-state index < -0.39 is 11.1 Å². The van der Waals surface area contributed by atoms with Gasteiger partial charge in [-0.3, -0.25) is 10.1 Å². The SMILES string of the molecule is Cc1cccc([N+](=O)[O-])c1C(F)CN. The highest BCUT2D eigenvalue weighted by molar-refractivity contribution is 5.46. The Bertz CT molecular complexity index is 355. The van der Waals surface area contributed by atoms with Crippen molar-refractivity contribution in [3.05, 3.63) is 39.4 Å². The van der Waals surface area contributed by atoms with Crippen LogP contribution in [0.4, 0.5) is 10.1 Å². The van der Waals surface area contributed by atoms with Crippen molar-refractivity contribution in [1.82, 2.24) is 0 Å². The van der Waals surface area contributed by atoms with Crippen molar-refractivity contribution in [3.8, 4) is 0 Å². The van der Waals surface area contributed by atoms with Crippen molar-refractivity contribution >= 4 is 5.69 Å². The first-order valence-electron chi connectivity index (χ1n) is 4.16. The molecule has 2 N–H and O–H groups in total. The number of benzene rings is 1. The lowest BCUT2D eigenvalue weighted by Crippen LogP contribution is -2.11. The third kappa shape index (κ3) is 1.88. The molecule has 0 saturated carbocycles.